The number of nitrogens with one attached hydrogen (secondary N) is 2. The van der Waals surface area contributed by atoms with Crippen molar-refractivity contribution in [3.8, 4) is 11.1 Å². The molecule has 0 radical (unpaired) electrons. The van der Waals surface area contributed by atoms with E-state index in [0.717, 1.165) is 11.3 Å². The third-order valence-corrected chi connectivity index (χ3v) is 6.17. The van der Waals surface area contributed by atoms with E-state index in [2.05, 4.69) is 15.5 Å². The second kappa shape index (κ2) is 11.5. The number of aliphatic carboxylic acids is 1. The fourth-order valence-corrected chi connectivity index (χ4v) is 4.16. The number of aromatic nitrogens is 2. The van der Waals surface area contributed by atoms with Crippen LogP contribution in [0.15, 0.2) is 48.5 Å². The maximum Gasteiger partial charge on any atom is 0.311 e. The van der Waals surface area contributed by atoms with E-state index in [1.54, 1.807) is 31.2 Å². The van der Waals surface area contributed by atoms with Gasteiger partial charge in [-0.3, -0.25) is 14.7 Å². The Labute approximate surface area is 208 Å². The number of halogens is 2. The van der Waals surface area contributed by atoms with Gasteiger partial charge in [-0.2, -0.15) is 5.10 Å². The normalized spacial score (nSPS) is 13.7. The van der Waals surface area contributed by atoms with Crippen molar-refractivity contribution in [2.75, 3.05) is 13.7 Å². The van der Waals surface area contributed by atoms with E-state index in [-0.39, 0.29) is 24.5 Å². The number of hydrogen-bond acceptors (Lipinski definition) is 4. The van der Waals surface area contributed by atoms with Crippen molar-refractivity contribution in [3.63, 3.8) is 0 Å². The number of H-pyrrole nitrogens is 1. The van der Waals surface area contributed by atoms with E-state index in [9.17, 15) is 19.1 Å². The Morgan fingerprint density at radius 3 is 2.54 bits per heavy atom. The summed E-state index contributed by atoms with van der Waals surface area (Å²) >= 11 is 6.02. The molecule has 186 valence electrons. The first-order chi connectivity index (χ1) is 16.6. The molecule has 0 saturated carbocycles. The molecule has 1 aromatic heterocycles. The molecule has 3 aromatic rings. The van der Waals surface area contributed by atoms with Crippen molar-refractivity contribution in [2.45, 2.75) is 39.2 Å². The average Bonchev–Trinajstić information content (AvgIpc) is 3.31. The van der Waals surface area contributed by atoms with Gasteiger partial charge in [0, 0.05) is 29.4 Å². The van der Waals surface area contributed by atoms with Crippen molar-refractivity contribution >= 4 is 23.5 Å². The number of nitrogens with zero attached hydrogens (tertiary/aromatic N) is 1. The van der Waals surface area contributed by atoms with Crippen LogP contribution in [-0.4, -0.2) is 46.9 Å². The van der Waals surface area contributed by atoms with Crippen LogP contribution in [0, 0.1) is 11.2 Å². The van der Waals surface area contributed by atoms with Gasteiger partial charge in [0.1, 0.15) is 11.5 Å². The van der Waals surface area contributed by atoms with Crippen LogP contribution in [0.25, 0.3) is 11.1 Å². The van der Waals surface area contributed by atoms with Gasteiger partial charge in [0.05, 0.1) is 12.0 Å². The lowest BCUT2D eigenvalue weighted by atomic mass is 9.82. The Balaban J connectivity index is 1.84. The van der Waals surface area contributed by atoms with E-state index in [4.69, 9.17) is 16.3 Å². The Morgan fingerprint density at radius 1 is 1.23 bits per heavy atom. The molecule has 0 spiro atoms. The molecule has 35 heavy (non-hydrogen) atoms. The van der Waals surface area contributed by atoms with Gasteiger partial charge < -0.3 is 15.2 Å². The summed E-state index contributed by atoms with van der Waals surface area (Å²) in [6.07, 6.45) is 1.20. The molecule has 0 fully saturated rings. The minimum atomic E-state index is -1.21. The minimum Gasteiger partial charge on any atom is -0.481 e. The Bertz CT molecular complexity index is 1180. The molecule has 2 aromatic carbocycles. The number of carbonyl (C=O) groups excluding carboxylic acids is 1. The molecule has 9 heteroatoms. The van der Waals surface area contributed by atoms with Crippen LogP contribution in [0.2, 0.25) is 5.02 Å². The summed E-state index contributed by atoms with van der Waals surface area (Å²) in [5, 5.41) is 20.0. The first-order valence-corrected chi connectivity index (χ1v) is 11.6. The van der Waals surface area contributed by atoms with Gasteiger partial charge in [-0.15, -0.1) is 0 Å². The van der Waals surface area contributed by atoms with E-state index in [0.29, 0.717) is 29.0 Å². The first kappa shape index (κ1) is 26.4. The van der Waals surface area contributed by atoms with Gasteiger partial charge in [0.2, 0.25) is 0 Å². The summed E-state index contributed by atoms with van der Waals surface area (Å²) in [7, 11) is 1.44. The largest absolute Gasteiger partial charge is 0.481 e. The Kier molecular flexibility index (Phi) is 8.64. The maximum absolute atomic E-state index is 14.2. The van der Waals surface area contributed by atoms with E-state index < -0.39 is 23.3 Å². The van der Waals surface area contributed by atoms with E-state index in [1.807, 2.05) is 19.1 Å². The summed E-state index contributed by atoms with van der Waals surface area (Å²) in [6, 6.07) is 12.7. The second-order valence-corrected chi connectivity index (χ2v) is 9.27. The number of ether oxygens (including phenoxy) is 1. The summed E-state index contributed by atoms with van der Waals surface area (Å²) < 4.78 is 19.4. The van der Waals surface area contributed by atoms with Crippen LogP contribution in [0.3, 0.4) is 0 Å². The van der Waals surface area contributed by atoms with Gasteiger partial charge >= 0.3 is 5.97 Å². The molecule has 0 bridgehead atoms. The number of amides is 1. The smallest absolute Gasteiger partial charge is 0.311 e. The number of aryl methyl sites for hydroxylation is 1. The van der Waals surface area contributed by atoms with Crippen LogP contribution < -0.4 is 5.32 Å². The predicted molar refractivity (Wildman–Crippen MR) is 132 cm³/mol. The van der Waals surface area contributed by atoms with Crippen LogP contribution in [0.1, 0.15) is 42.0 Å². The number of carboxylic acids is 1. The van der Waals surface area contributed by atoms with E-state index >= 15 is 0 Å². The molecule has 1 heterocycles. The number of carbonyl (C=O) groups is 2. The van der Waals surface area contributed by atoms with Crippen molar-refractivity contribution in [1.82, 2.24) is 15.5 Å². The number of hydrogen-bond donors (Lipinski definition) is 3. The fraction of sp³-hybridized carbons (Fsp3) is 0.346. The van der Waals surface area contributed by atoms with Gasteiger partial charge in [-0.25, -0.2) is 4.39 Å². The molecule has 0 saturated heterocycles. The number of benzene rings is 2. The summed E-state index contributed by atoms with van der Waals surface area (Å²) in [5.41, 5.74) is 1.75. The van der Waals surface area contributed by atoms with Gasteiger partial charge in [0.25, 0.3) is 5.91 Å². The van der Waals surface area contributed by atoms with Gasteiger partial charge in [-0.05, 0) is 61.6 Å². The molecule has 0 aliphatic heterocycles. The number of methoxy groups -OCH3 is 1. The number of rotatable bonds is 11. The Hall–Kier alpha value is -3.23. The van der Waals surface area contributed by atoms with Crippen molar-refractivity contribution in [3.05, 3.63) is 76.3 Å². The Morgan fingerprint density at radius 2 is 1.94 bits per heavy atom. The highest BCUT2D eigenvalue weighted by Gasteiger charge is 2.36. The molecule has 3 rings (SSSR count). The zero-order chi connectivity index (χ0) is 25.6. The number of carboxylic acid groups (broad SMARTS) is 1. The highest BCUT2D eigenvalue weighted by atomic mass is 35.5. The summed E-state index contributed by atoms with van der Waals surface area (Å²) in [4.78, 5) is 24.9. The van der Waals surface area contributed by atoms with Crippen LogP contribution in [0.4, 0.5) is 4.39 Å². The molecule has 0 unspecified atom stereocenters. The molecule has 1 amide bonds. The molecule has 0 aliphatic carbocycles. The summed E-state index contributed by atoms with van der Waals surface area (Å²) in [5.74, 6) is -1.79. The second-order valence-electron chi connectivity index (χ2n) is 8.83. The zero-order valence-corrected chi connectivity index (χ0v) is 20.7. The highest BCUT2D eigenvalue weighted by molar-refractivity contribution is 6.30. The van der Waals surface area contributed by atoms with E-state index in [1.165, 1.54) is 19.2 Å². The fourth-order valence-electron chi connectivity index (χ4n) is 3.99. The minimum absolute atomic E-state index is 0.00985. The van der Waals surface area contributed by atoms with Gasteiger partial charge in [-0.1, -0.05) is 42.8 Å². The molecule has 0 aliphatic rings. The third kappa shape index (κ3) is 6.68. The lowest BCUT2D eigenvalue weighted by Gasteiger charge is -2.29. The standard InChI is InChI=1S/C26H29ClFN3O4/c1-4-19-13-23(31-30-19)24(32)29-20(14-26(2,15-35-3)25(33)34)11-16-5-7-17(8-6-16)21-12-18(27)9-10-22(21)28/h5-10,12-13,20H,4,11,14-15H2,1-3H3,(H,29,32)(H,30,31)(H,33,34)/t20-,26+/m1/s1. The molecule has 2 atom stereocenters. The molecule has 3 N–H and O–H groups in total. The zero-order valence-electron chi connectivity index (χ0n) is 19.9. The lowest BCUT2D eigenvalue weighted by molar-refractivity contribution is -0.152. The molecule has 7 nitrogen and oxygen atoms in total. The highest BCUT2D eigenvalue weighted by Crippen LogP contribution is 2.28. The summed E-state index contributed by atoms with van der Waals surface area (Å²) in [6.45, 7) is 3.52. The van der Waals surface area contributed by atoms with Crippen LogP contribution >= 0.6 is 11.6 Å². The SMILES string of the molecule is CCc1cc(C(=O)N[C@H](Cc2ccc(-c3cc(Cl)ccc3F)cc2)C[C@@](C)(COC)C(=O)O)n[nH]1. The lowest BCUT2D eigenvalue weighted by Crippen LogP contribution is -2.44. The monoisotopic (exact) mass is 501 g/mol. The van der Waals surface area contributed by atoms with Crippen molar-refractivity contribution in [2.24, 2.45) is 5.41 Å². The third-order valence-electron chi connectivity index (χ3n) is 5.93. The average molecular weight is 502 g/mol. The topological polar surface area (TPSA) is 104 Å². The first-order valence-electron chi connectivity index (χ1n) is 11.3. The maximum atomic E-state index is 14.2. The number of aromatic amines is 1. The molecular weight excluding hydrogens is 473 g/mol. The van der Waals surface area contributed by atoms with Crippen LogP contribution in [0.5, 0.6) is 0 Å². The van der Waals surface area contributed by atoms with Gasteiger partial charge in [0.15, 0.2) is 0 Å². The van der Waals surface area contributed by atoms with Crippen LogP contribution in [-0.2, 0) is 22.4 Å². The quantitative estimate of drug-likeness (QED) is 0.346. The predicted octanol–water partition coefficient (Wildman–Crippen LogP) is 4.90. The van der Waals surface area contributed by atoms with Crippen molar-refractivity contribution < 1.29 is 23.8 Å². The van der Waals surface area contributed by atoms with Crippen molar-refractivity contribution in [1.29, 1.82) is 0 Å². The molecular formula is C26H29ClFN3O4.